The summed E-state index contributed by atoms with van der Waals surface area (Å²) in [7, 11) is 0. The Morgan fingerprint density at radius 3 is 2.25 bits per heavy atom. The molecule has 256 valence electrons. The Balaban J connectivity index is 1.21. The molecule has 3 aliphatic rings. The fourth-order valence-corrected chi connectivity index (χ4v) is 8.06. The van der Waals surface area contributed by atoms with E-state index in [1.165, 1.54) is 56.9 Å². The predicted molar refractivity (Wildman–Crippen MR) is 191 cm³/mol. The average molecular weight is 652 g/mol. The number of hydrogen-bond donors (Lipinski definition) is 1. The molecule has 7 heteroatoms. The molecule has 3 aromatic carbocycles. The summed E-state index contributed by atoms with van der Waals surface area (Å²) in [5.41, 5.74) is 2.37. The van der Waals surface area contributed by atoms with Crippen LogP contribution < -0.4 is 10.1 Å². The number of amides is 2. The van der Waals surface area contributed by atoms with Crippen LogP contribution in [0.4, 0.5) is 4.79 Å². The fraction of sp³-hybridized carbons (Fsp3) is 0.537. The molecule has 7 nitrogen and oxygen atoms in total. The van der Waals surface area contributed by atoms with Gasteiger partial charge in [0.2, 0.25) is 5.91 Å². The smallest absolute Gasteiger partial charge is 0.410 e. The van der Waals surface area contributed by atoms with Crippen molar-refractivity contribution in [2.45, 2.75) is 115 Å². The van der Waals surface area contributed by atoms with Crippen molar-refractivity contribution in [2.75, 3.05) is 19.6 Å². The molecular formula is C41H53N3O4. The SMILES string of the molecule is CCc1ccc(CCC(=O)[C@@H]2CN(C(=O)Oc3cccc4ccccc34)CCN2C(=O)[C@@H](CC2CCCCC2)NC2CCCCC2)cc1. The Morgan fingerprint density at radius 2 is 1.50 bits per heavy atom. The van der Waals surface area contributed by atoms with Gasteiger partial charge in [-0.25, -0.2) is 4.79 Å². The molecular weight excluding hydrogens is 598 g/mol. The van der Waals surface area contributed by atoms with E-state index in [1.54, 1.807) is 11.0 Å². The van der Waals surface area contributed by atoms with Crippen molar-refractivity contribution >= 4 is 28.6 Å². The second-order valence-corrected chi connectivity index (χ2v) is 14.3. The third-order valence-corrected chi connectivity index (χ3v) is 11.0. The highest BCUT2D eigenvalue weighted by atomic mass is 16.6. The predicted octanol–water partition coefficient (Wildman–Crippen LogP) is 7.88. The number of carbonyl (C=O) groups is 3. The zero-order valence-electron chi connectivity index (χ0n) is 28.7. The van der Waals surface area contributed by atoms with Crippen molar-refractivity contribution in [1.29, 1.82) is 0 Å². The van der Waals surface area contributed by atoms with Crippen LogP contribution in [-0.2, 0) is 22.4 Å². The lowest BCUT2D eigenvalue weighted by molar-refractivity contribution is -0.145. The first-order valence-electron chi connectivity index (χ1n) is 18.6. The maximum atomic E-state index is 14.6. The number of ether oxygens (including phenoxy) is 1. The lowest BCUT2D eigenvalue weighted by Crippen LogP contribution is -2.63. The summed E-state index contributed by atoms with van der Waals surface area (Å²) in [6, 6.07) is 21.3. The van der Waals surface area contributed by atoms with Gasteiger partial charge in [-0.2, -0.15) is 0 Å². The number of hydrogen-bond acceptors (Lipinski definition) is 5. The van der Waals surface area contributed by atoms with E-state index >= 15 is 0 Å². The molecule has 0 aromatic heterocycles. The van der Waals surface area contributed by atoms with Gasteiger partial charge in [-0.3, -0.25) is 9.59 Å². The van der Waals surface area contributed by atoms with Gasteiger partial charge < -0.3 is 19.9 Å². The summed E-state index contributed by atoms with van der Waals surface area (Å²) in [6.45, 7) is 2.92. The number of rotatable bonds is 11. The fourth-order valence-electron chi connectivity index (χ4n) is 8.06. The Kier molecular flexibility index (Phi) is 11.8. The lowest BCUT2D eigenvalue weighted by atomic mass is 9.83. The van der Waals surface area contributed by atoms with Crippen molar-refractivity contribution in [3.05, 3.63) is 77.9 Å². The van der Waals surface area contributed by atoms with E-state index in [-0.39, 0.29) is 24.3 Å². The van der Waals surface area contributed by atoms with Crippen LogP contribution in [0.2, 0.25) is 0 Å². The molecule has 3 aromatic rings. The number of nitrogens with zero attached hydrogens (tertiary/aromatic N) is 2. The molecule has 2 saturated carbocycles. The normalized spacial score (nSPS) is 20.1. The summed E-state index contributed by atoms with van der Waals surface area (Å²) in [5.74, 6) is 1.05. The molecule has 2 aliphatic carbocycles. The average Bonchev–Trinajstić information content (AvgIpc) is 3.14. The number of Topliss-reactive ketones (excluding diaryl/α,β-unsaturated/α-hetero) is 1. The zero-order valence-corrected chi connectivity index (χ0v) is 28.7. The van der Waals surface area contributed by atoms with Gasteiger partial charge >= 0.3 is 6.09 Å². The first-order valence-corrected chi connectivity index (χ1v) is 18.6. The number of carbonyl (C=O) groups excluding carboxylic acids is 3. The van der Waals surface area contributed by atoms with Gasteiger partial charge in [0.1, 0.15) is 11.8 Å². The number of fused-ring (bicyclic) bond motifs is 1. The second kappa shape index (κ2) is 16.6. The molecule has 1 heterocycles. The summed E-state index contributed by atoms with van der Waals surface area (Å²) in [4.78, 5) is 45.8. The van der Waals surface area contributed by atoms with E-state index in [1.807, 2.05) is 41.3 Å². The standard InChI is InChI=1S/C41H53N3O4/c1-2-30-20-22-31(23-21-30)24-25-38(45)37-29-43(41(47)48-39-19-11-15-33-14-9-10-18-35(33)39)26-27-44(37)40(46)36(28-32-12-5-3-6-13-32)42-34-16-7-4-8-17-34/h9-11,14-15,18-23,32,34,36-37,42H,2-8,12-13,16-17,24-29H2,1H3/t36-,37+/m1/s1. The van der Waals surface area contributed by atoms with Gasteiger partial charge in [-0.05, 0) is 60.6 Å². The molecule has 6 rings (SSSR count). The number of ketones is 1. The highest BCUT2D eigenvalue weighted by Crippen LogP contribution is 2.30. The molecule has 2 amide bonds. The van der Waals surface area contributed by atoms with E-state index < -0.39 is 12.1 Å². The van der Waals surface area contributed by atoms with E-state index in [0.29, 0.717) is 43.6 Å². The Hall–Kier alpha value is -3.71. The van der Waals surface area contributed by atoms with Crippen molar-refractivity contribution in [2.24, 2.45) is 5.92 Å². The zero-order chi connectivity index (χ0) is 33.3. The van der Waals surface area contributed by atoms with Crippen LogP contribution in [0.3, 0.4) is 0 Å². The van der Waals surface area contributed by atoms with E-state index in [9.17, 15) is 14.4 Å². The molecule has 2 atom stereocenters. The molecule has 1 saturated heterocycles. The quantitative estimate of drug-likeness (QED) is 0.228. The van der Waals surface area contributed by atoms with Gasteiger partial charge in [-0.15, -0.1) is 0 Å². The van der Waals surface area contributed by atoms with Gasteiger partial charge in [0.05, 0.1) is 12.6 Å². The second-order valence-electron chi connectivity index (χ2n) is 14.3. The largest absolute Gasteiger partial charge is 0.415 e. The maximum Gasteiger partial charge on any atom is 0.415 e. The number of benzene rings is 3. The van der Waals surface area contributed by atoms with Gasteiger partial charge in [0, 0.05) is 30.9 Å². The van der Waals surface area contributed by atoms with Crippen molar-refractivity contribution in [3.63, 3.8) is 0 Å². The van der Waals surface area contributed by atoms with E-state index in [2.05, 4.69) is 36.5 Å². The third-order valence-electron chi connectivity index (χ3n) is 11.0. The van der Waals surface area contributed by atoms with E-state index in [4.69, 9.17) is 4.74 Å². The Labute approximate surface area is 286 Å². The topological polar surface area (TPSA) is 79.0 Å². The molecule has 0 spiro atoms. The van der Waals surface area contributed by atoms with Gasteiger partial charge in [-0.1, -0.05) is 119 Å². The van der Waals surface area contributed by atoms with Crippen molar-refractivity contribution < 1.29 is 19.1 Å². The van der Waals surface area contributed by atoms with Gasteiger partial charge in [0.25, 0.3) is 0 Å². The van der Waals surface area contributed by atoms with Crippen LogP contribution in [0.15, 0.2) is 66.7 Å². The summed E-state index contributed by atoms with van der Waals surface area (Å²) >= 11 is 0. The van der Waals surface area contributed by atoms with Gasteiger partial charge in [0.15, 0.2) is 5.78 Å². The molecule has 0 bridgehead atoms. The molecule has 3 fully saturated rings. The lowest BCUT2D eigenvalue weighted by Gasteiger charge is -2.42. The monoisotopic (exact) mass is 651 g/mol. The van der Waals surface area contributed by atoms with Crippen molar-refractivity contribution in [3.8, 4) is 5.75 Å². The molecule has 1 N–H and O–H groups in total. The van der Waals surface area contributed by atoms with Crippen LogP contribution in [0.25, 0.3) is 10.8 Å². The molecule has 0 radical (unpaired) electrons. The maximum absolute atomic E-state index is 14.6. The third kappa shape index (κ3) is 8.65. The van der Waals surface area contributed by atoms with Crippen LogP contribution in [0, 0.1) is 5.92 Å². The Bertz CT molecular complexity index is 1500. The minimum Gasteiger partial charge on any atom is -0.410 e. The van der Waals surface area contributed by atoms with Crippen LogP contribution in [0.5, 0.6) is 5.75 Å². The molecule has 1 aliphatic heterocycles. The number of piperazine rings is 1. The highest BCUT2D eigenvalue weighted by molar-refractivity contribution is 5.93. The number of nitrogens with one attached hydrogen (secondary N) is 1. The minimum absolute atomic E-state index is 0.000313. The molecule has 48 heavy (non-hydrogen) atoms. The first-order chi connectivity index (χ1) is 23.5. The Morgan fingerprint density at radius 1 is 0.812 bits per heavy atom. The van der Waals surface area contributed by atoms with E-state index in [0.717, 1.165) is 42.0 Å². The molecule has 0 unspecified atom stereocenters. The highest BCUT2D eigenvalue weighted by Gasteiger charge is 2.40. The summed E-state index contributed by atoms with van der Waals surface area (Å²) < 4.78 is 5.95. The summed E-state index contributed by atoms with van der Waals surface area (Å²) in [6.07, 6.45) is 14.2. The van der Waals surface area contributed by atoms with Crippen molar-refractivity contribution in [1.82, 2.24) is 15.1 Å². The number of aryl methyl sites for hydroxylation is 2. The minimum atomic E-state index is -0.705. The van der Waals surface area contributed by atoms with Crippen LogP contribution >= 0.6 is 0 Å². The summed E-state index contributed by atoms with van der Waals surface area (Å²) in [5, 5.41) is 5.66. The van der Waals surface area contributed by atoms with Crippen LogP contribution in [-0.4, -0.2) is 65.3 Å². The van der Waals surface area contributed by atoms with Crippen LogP contribution in [0.1, 0.15) is 95.1 Å². The first kappa shape index (κ1) is 34.2.